The van der Waals surface area contributed by atoms with Crippen LogP contribution in [0.25, 0.3) is 0 Å². The molecule has 0 aromatic carbocycles. The zero-order valence-electron chi connectivity index (χ0n) is 4.89. The zero-order chi connectivity index (χ0) is 5.21. The van der Waals surface area contributed by atoms with Crippen molar-refractivity contribution in [3.8, 4) is 0 Å². The monoisotopic (exact) mass is 86.0 g/mol. The molecular weight excluding hydrogens is 77.5 g/mol. The first-order valence-corrected chi connectivity index (χ1v) is 0.440. The van der Waals surface area contributed by atoms with Crippen molar-refractivity contribution in [2.75, 3.05) is 7.04 Å². The lowest BCUT2D eigenvalue weighted by Gasteiger charge is -1.62. The van der Waals surface area contributed by atoms with Gasteiger partial charge in [0, 0.05) is 0 Å². The van der Waals surface area contributed by atoms with Gasteiger partial charge in [0.05, 0.1) is 11.2 Å². The van der Waals surface area contributed by atoms with Crippen LogP contribution in [0.4, 0.5) is 0 Å². The second kappa shape index (κ2) is 10.7. The summed E-state index contributed by atoms with van der Waals surface area (Å²) in [6.07, 6.45) is 0. The van der Waals surface area contributed by atoms with Gasteiger partial charge in [-0.15, -0.1) is 12.4 Å². The first kappa shape index (κ1) is 1.60. The van der Waals surface area contributed by atoms with E-state index in [0.29, 0.717) is 0 Å². The third kappa shape index (κ3) is 73.4. The van der Waals surface area contributed by atoms with Crippen molar-refractivity contribution < 1.29 is 8.95 Å². The van der Waals surface area contributed by atoms with Gasteiger partial charge >= 0.3 is 0 Å². The van der Waals surface area contributed by atoms with Gasteiger partial charge in [0.1, 0.15) is 0 Å². The van der Waals surface area contributed by atoms with Crippen molar-refractivity contribution >= 4 is 12.4 Å². The van der Waals surface area contributed by atoms with Gasteiger partial charge in [0.25, 0.3) is 0 Å². The van der Waals surface area contributed by atoms with E-state index in [4.69, 9.17) is 4.11 Å². The molecule has 2 N–H and O–H groups in total. The maximum atomic E-state index is 6.17. The van der Waals surface area contributed by atoms with Crippen LogP contribution in [-0.4, -0.2) is 7.04 Å². The van der Waals surface area contributed by atoms with Crippen molar-refractivity contribution in [3.05, 3.63) is 0 Å². The minimum absolute atomic E-state index is 0. The summed E-state index contributed by atoms with van der Waals surface area (Å²) in [4.78, 5) is 3.44. The fraction of sp³-hybridized carbons (Fsp3) is 1.00. The van der Waals surface area contributed by atoms with Crippen molar-refractivity contribution in [1.29, 1.82) is 0 Å². The summed E-state index contributed by atoms with van der Waals surface area (Å²) in [7, 11) is -2.43. The van der Waals surface area contributed by atoms with Crippen molar-refractivity contribution in [2.45, 2.75) is 0 Å². The lowest BCUT2D eigenvalue weighted by molar-refractivity contribution is 0.206. The van der Waals surface area contributed by atoms with Crippen molar-refractivity contribution in [2.24, 2.45) is 5.90 Å². The minimum atomic E-state index is -2.43. The van der Waals surface area contributed by atoms with Crippen molar-refractivity contribution in [1.82, 2.24) is 0 Å². The topological polar surface area (TPSA) is 35.2 Å². The van der Waals surface area contributed by atoms with E-state index in [2.05, 4.69) is 10.7 Å². The molecule has 2 nitrogen and oxygen atoms in total. The SMILES string of the molecule is Cl.[2H]C([2H])([2H])ON. The Morgan fingerprint density at radius 2 is 2.50 bits per heavy atom. The normalized spacial score (nSPS) is 18.8. The number of hydrogen-bond acceptors (Lipinski definition) is 2. The molecule has 0 aliphatic rings. The number of halogens is 1. The summed E-state index contributed by atoms with van der Waals surface area (Å²) in [5.41, 5.74) is 0. The molecule has 3 heteroatoms. The third-order valence-electron chi connectivity index (χ3n) is 0. The molecule has 0 unspecified atom stereocenters. The van der Waals surface area contributed by atoms with Crippen LogP contribution in [0.3, 0.4) is 0 Å². The second-order valence-electron chi connectivity index (χ2n) is 0.118. The molecule has 0 aromatic rings. The predicted molar refractivity (Wildman–Crippen MR) is 18.4 cm³/mol. The van der Waals surface area contributed by atoms with Crippen LogP contribution < -0.4 is 5.90 Å². The maximum absolute atomic E-state index is 6.17. The van der Waals surface area contributed by atoms with Crippen LogP contribution in [-0.2, 0) is 4.84 Å². The molecular formula is CH6ClNO. The maximum Gasteiger partial charge on any atom is 0.0569 e. The highest BCUT2D eigenvalue weighted by Gasteiger charge is 1.23. The van der Waals surface area contributed by atoms with E-state index in [0.717, 1.165) is 0 Å². The van der Waals surface area contributed by atoms with Gasteiger partial charge < -0.3 is 4.84 Å². The van der Waals surface area contributed by atoms with Crippen LogP contribution >= 0.6 is 12.4 Å². The molecule has 0 heterocycles. The molecule has 0 amide bonds. The average Bonchev–Trinajstić information content (AvgIpc) is 1.35. The van der Waals surface area contributed by atoms with Gasteiger partial charge in [-0.25, -0.2) is 5.90 Å². The summed E-state index contributed by atoms with van der Waals surface area (Å²) in [5.74, 6) is 4.24. The molecule has 0 aliphatic carbocycles. The van der Waals surface area contributed by atoms with Gasteiger partial charge in [0.15, 0.2) is 0 Å². The number of rotatable bonds is 0. The summed E-state index contributed by atoms with van der Waals surface area (Å²) < 4.78 is 18.5. The molecule has 4 heavy (non-hydrogen) atoms. The summed E-state index contributed by atoms with van der Waals surface area (Å²) >= 11 is 0. The molecule has 0 bridgehead atoms. The highest BCUT2D eigenvalue weighted by molar-refractivity contribution is 5.85. The quantitative estimate of drug-likeness (QED) is 0.419. The number of hydrogen-bond donors (Lipinski definition) is 1. The van der Waals surface area contributed by atoms with Gasteiger partial charge in [-0.3, -0.25) is 0 Å². The fourth-order valence-electron chi connectivity index (χ4n) is 0. The largest absolute Gasteiger partial charge is 0.308 e. The molecule has 0 atom stereocenters. The summed E-state index contributed by atoms with van der Waals surface area (Å²) in [6, 6.07) is 0. The molecule has 0 aliphatic heterocycles. The standard InChI is InChI=1S/CH5NO.ClH/c1-3-2;/h2H2,1H3;1H/i1D3;. The lowest BCUT2D eigenvalue weighted by atomic mass is 11.7. The smallest absolute Gasteiger partial charge is 0.0569 e. The van der Waals surface area contributed by atoms with Gasteiger partial charge in [-0.05, 0) is 0 Å². The lowest BCUT2D eigenvalue weighted by Crippen LogP contribution is -1.86. The first-order chi connectivity index (χ1) is 2.56. The Kier molecular flexibility index (Phi) is 4.28. The molecule has 0 radical (unpaired) electrons. The van der Waals surface area contributed by atoms with Gasteiger partial charge in [-0.2, -0.15) is 0 Å². The van der Waals surface area contributed by atoms with E-state index in [9.17, 15) is 0 Å². The minimum Gasteiger partial charge on any atom is -0.308 e. The Balaban J connectivity index is 0. The van der Waals surface area contributed by atoms with Crippen molar-refractivity contribution in [3.63, 3.8) is 0 Å². The second-order valence-corrected chi connectivity index (χ2v) is 0.118. The van der Waals surface area contributed by atoms with Crippen LogP contribution in [0, 0.1) is 0 Å². The highest BCUT2D eigenvalue weighted by Crippen LogP contribution is 1.14. The Bertz CT molecular complexity index is 44.7. The highest BCUT2D eigenvalue weighted by atomic mass is 35.5. The van der Waals surface area contributed by atoms with Gasteiger partial charge in [0.2, 0.25) is 0 Å². The van der Waals surface area contributed by atoms with E-state index >= 15 is 0 Å². The Hall–Kier alpha value is 0.210. The van der Waals surface area contributed by atoms with E-state index in [1.54, 1.807) is 0 Å². The molecule has 0 saturated carbocycles. The molecule has 0 fully saturated rings. The average molecular weight is 86.5 g/mol. The van der Waals surface area contributed by atoms with E-state index < -0.39 is 7.04 Å². The molecule has 0 saturated heterocycles. The van der Waals surface area contributed by atoms with Crippen LogP contribution in [0.2, 0.25) is 0 Å². The Morgan fingerprint density at radius 1 is 2.25 bits per heavy atom. The molecule has 0 aromatic heterocycles. The van der Waals surface area contributed by atoms with Crippen LogP contribution in [0.15, 0.2) is 0 Å². The van der Waals surface area contributed by atoms with E-state index in [1.807, 2.05) is 0 Å². The summed E-state index contributed by atoms with van der Waals surface area (Å²) in [6.45, 7) is 0. The van der Waals surface area contributed by atoms with Gasteiger partial charge in [-0.1, -0.05) is 0 Å². The Morgan fingerprint density at radius 3 is 2.50 bits per heavy atom. The van der Waals surface area contributed by atoms with E-state index in [-0.39, 0.29) is 12.4 Å². The molecule has 0 rings (SSSR count). The first-order valence-electron chi connectivity index (χ1n) is 1.94. The molecule has 0 spiro atoms. The van der Waals surface area contributed by atoms with E-state index in [1.165, 1.54) is 0 Å². The molecule has 28 valence electrons. The Labute approximate surface area is 35.5 Å². The predicted octanol–water partition coefficient (Wildman–Crippen LogP) is -0.0717. The van der Waals surface area contributed by atoms with Crippen LogP contribution in [0.1, 0.15) is 4.11 Å². The van der Waals surface area contributed by atoms with Crippen LogP contribution in [0.5, 0.6) is 0 Å². The fourth-order valence-corrected chi connectivity index (χ4v) is 0. The number of nitrogens with two attached hydrogens (primary N) is 1. The third-order valence-corrected chi connectivity index (χ3v) is 0. The zero-order valence-corrected chi connectivity index (χ0v) is 2.71. The summed E-state index contributed by atoms with van der Waals surface area (Å²) in [5, 5.41) is 0.